The van der Waals surface area contributed by atoms with Crippen LogP contribution in [0.4, 0.5) is 0 Å². The maximum atomic E-state index is 12.7. The Bertz CT molecular complexity index is 607. The number of carbonyl (C=O) groups excluding carboxylic acids is 3. The quantitative estimate of drug-likeness (QED) is 0.303. The standard InChI is InChI=1S/C22H32O6/c1-5-8-14-22(20(24)26-6-2,21(25)27-7-3)15-17(4)19(23)28-16-18-12-10-9-11-13-18/h9-13,17H,5-8,14-16H2,1-4H3. The topological polar surface area (TPSA) is 78.9 Å². The van der Waals surface area contributed by atoms with Crippen LogP contribution < -0.4 is 0 Å². The van der Waals surface area contributed by atoms with Crippen molar-refractivity contribution >= 4 is 17.9 Å². The summed E-state index contributed by atoms with van der Waals surface area (Å²) < 4.78 is 15.8. The average Bonchev–Trinajstić information content (AvgIpc) is 2.70. The Morgan fingerprint density at radius 2 is 1.50 bits per heavy atom. The Morgan fingerprint density at radius 3 is 2.00 bits per heavy atom. The van der Waals surface area contributed by atoms with E-state index in [1.165, 1.54) is 0 Å². The molecule has 1 aromatic carbocycles. The lowest BCUT2D eigenvalue weighted by atomic mass is 9.75. The molecule has 156 valence electrons. The minimum absolute atomic E-state index is 0.00170. The molecule has 0 aliphatic carbocycles. The molecule has 1 rings (SSSR count). The SMILES string of the molecule is CCCCC(CC(C)C(=O)OCc1ccccc1)(C(=O)OCC)C(=O)OCC. The summed E-state index contributed by atoms with van der Waals surface area (Å²) in [4.78, 5) is 38.0. The van der Waals surface area contributed by atoms with Crippen LogP contribution in [0.2, 0.25) is 0 Å². The molecule has 6 heteroatoms. The maximum absolute atomic E-state index is 12.7. The molecule has 1 aromatic rings. The van der Waals surface area contributed by atoms with Gasteiger partial charge < -0.3 is 14.2 Å². The Morgan fingerprint density at radius 1 is 0.929 bits per heavy atom. The highest BCUT2D eigenvalue weighted by Gasteiger charge is 2.50. The number of carbonyl (C=O) groups is 3. The zero-order chi connectivity index (χ0) is 21.0. The van der Waals surface area contributed by atoms with Crippen LogP contribution in [0.5, 0.6) is 0 Å². The van der Waals surface area contributed by atoms with Gasteiger partial charge in [0, 0.05) is 0 Å². The van der Waals surface area contributed by atoms with Crippen molar-refractivity contribution in [1.29, 1.82) is 0 Å². The molecular weight excluding hydrogens is 360 g/mol. The van der Waals surface area contributed by atoms with Gasteiger partial charge in [-0.05, 0) is 32.3 Å². The predicted octanol–water partition coefficient (Wildman–Crippen LogP) is 4.06. The third-order valence-corrected chi connectivity index (χ3v) is 4.57. The first-order valence-corrected chi connectivity index (χ1v) is 9.96. The molecule has 6 nitrogen and oxygen atoms in total. The zero-order valence-electron chi connectivity index (χ0n) is 17.4. The van der Waals surface area contributed by atoms with Crippen molar-refractivity contribution < 1.29 is 28.6 Å². The van der Waals surface area contributed by atoms with Crippen molar-refractivity contribution in [2.45, 2.75) is 60.0 Å². The van der Waals surface area contributed by atoms with Crippen LogP contribution in [-0.2, 0) is 35.2 Å². The second-order valence-corrected chi connectivity index (χ2v) is 6.83. The third-order valence-electron chi connectivity index (χ3n) is 4.57. The molecule has 1 atom stereocenters. The fourth-order valence-electron chi connectivity index (χ4n) is 3.05. The van der Waals surface area contributed by atoms with Gasteiger partial charge in [-0.1, -0.05) is 57.0 Å². The Labute approximate surface area is 167 Å². The molecular formula is C22H32O6. The van der Waals surface area contributed by atoms with E-state index in [2.05, 4.69) is 0 Å². The first-order chi connectivity index (χ1) is 13.4. The van der Waals surface area contributed by atoms with E-state index in [0.29, 0.717) is 6.42 Å². The van der Waals surface area contributed by atoms with Gasteiger partial charge >= 0.3 is 17.9 Å². The summed E-state index contributed by atoms with van der Waals surface area (Å²) in [5.74, 6) is -2.39. The lowest BCUT2D eigenvalue weighted by molar-refractivity contribution is -0.175. The first-order valence-electron chi connectivity index (χ1n) is 9.96. The summed E-state index contributed by atoms with van der Waals surface area (Å²) in [5.41, 5.74) is -0.621. The summed E-state index contributed by atoms with van der Waals surface area (Å²) in [5, 5.41) is 0. The smallest absolute Gasteiger partial charge is 0.323 e. The second kappa shape index (κ2) is 12.2. The second-order valence-electron chi connectivity index (χ2n) is 6.83. The molecule has 28 heavy (non-hydrogen) atoms. The minimum Gasteiger partial charge on any atom is -0.465 e. The van der Waals surface area contributed by atoms with Crippen molar-refractivity contribution in [2.75, 3.05) is 13.2 Å². The van der Waals surface area contributed by atoms with Crippen LogP contribution in [0, 0.1) is 11.3 Å². The van der Waals surface area contributed by atoms with Gasteiger partial charge in [0.2, 0.25) is 0 Å². The molecule has 0 spiro atoms. The minimum atomic E-state index is -1.49. The number of ether oxygens (including phenoxy) is 3. The van der Waals surface area contributed by atoms with Gasteiger partial charge in [0.05, 0.1) is 19.1 Å². The number of rotatable bonds is 12. The van der Waals surface area contributed by atoms with Crippen LogP contribution in [0.1, 0.15) is 58.9 Å². The van der Waals surface area contributed by atoms with Gasteiger partial charge in [-0.2, -0.15) is 0 Å². The van der Waals surface area contributed by atoms with E-state index < -0.39 is 29.2 Å². The number of hydrogen-bond acceptors (Lipinski definition) is 6. The number of hydrogen-bond donors (Lipinski definition) is 0. The zero-order valence-corrected chi connectivity index (χ0v) is 17.4. The fraction of sp³-hybridized carbons (Fsp3) is 0.591. The van der Waals surface area contributed by atoms with Crippen LogP contribution in [-0.4, -0.2) is 31.1 Å². The summed E-state index contributed by atoms with van der Waals surface area (Å²) in [6.07, 6.45) is 1.71. The van der Waals surface area contributed by atoms with E-state index in [1.807, 2.05) is 37.3 Å². The highest BCUT2D eigenvalue weighted by atomic mass is 16.6. The molecule has 0 N–H and O–H groups in total. The number of unbranched alkanes of at least 4 members (excludes halogenated alkanes) is 1. The highest BCUT2D eigenvalue weighted by molar-refractivity contribution is 6.00. The molecule has 0 aliphatic rings. The highest BCUT2D eigenvalue weighted by Crippen LogP contribution is 2.36. The summed E-state index contributed by atoms with van der Waals surface area (Å²) in [6, 6.07) is 9.34. The van der Waals surface area contributed by atoms with Crippen LogP contribution >= 0.6 is 0 Å². The molecule has 0 saturated carbocycles. The normalized spacial score (nSPS) is 12.1. The van der Waals surface area contributed by atoms with E-state index >= 15 is 0 Å². The van der Waals surface area contributed by atoms with Crippen molar-refractivity contribution in [2.24, 2.45) is 11.3 Å². The summed E-state index contributed by atoms with van der Waals surface area (Å²) in [7, 11) is 0. The van der Waals surface area contributed by atoms with Crippen LogP contribution in [0.3, 0.4) is 0 Å². The fourth-order valence-corrected chi connectivity index (χ4v) is 3.05. The van der Waals surface area contributed by atoms with E-state index in [9.17, 15) is 14.4 Å². The van der Waals surface area contributed by atoms with Crippen LogP contribution in [0.25, 0.3) is 0 Å². The van der Waals surface area contributed by atoms with Gasteiger partial charge in [-0.15, -0.1) is 0 Å². The van der Waals surface area contributed by atoms with E-state index in [4.69, 9.17) is 14.2 Å². The van der Waals surface area contributed by atoms with Gasteiger partial charge in [0.15, 0.2) is 5.41 Å². The third kappa shape index (κ3) is 6.66. The first kappa shape index (κ1) is 23.7. The van der Waals surface area contributed by atoms with Crippen molar-refractivity contribution in [3.05, 3.63) is 35.9 Å². The molecule has 0 radical (unpaired) electrons. The largest absolute Gasteiger partial charge is 0.465 e. The Hall–Kier alpha value is -2.37. The monoisotopic (exact) mass is 392 g/mol. The lowest BCUT2D eigenvalue weighted by Gasteiger charge is -2.31. The Balaban J connectivity index is 2.95. The number of benzene rings is 1. The molecule has 0 aliphatic heterocycles. The lowest BCUT2D eigenvalue weighted by Crippen LogP contribution is -2.44. The Kier molecular flexibility index (Phi) is 10.3. The molecule has 0 fully saturated rings. The summed E-state index contributed by atoms with van der Waals surface area (Å²) in [6.45, 7) is 7.45. The van der Waals surface area contributed by atoms with Crippen molar-refractivity contribution in [3.8, 4) is 0 Å². The molecule has 0 bridgehead atoms. The van der Waals surface area contributed by atoms with E-state index in [1.54, 1.807) is 20.8 Å². The van der Waals surface area contributed by atoms with Crippen molar-refractivity contribution in [1.82, 2.24) is 0 Å². The molecule has 1 unspecified atom stereocenters. The van der Waals surface area contributed by atoms with Gasteiger partial charge in [-0.25, -0.2) is 0 Å². The van der Waals surface area contributed by atoms with Gasteiger partial charge in [-0.3, -0.25) is 14.4 Å². The number of esters is 3. The molecule has 0 amide bonds. The summed E-state index contributed by atoms with van der Waals surface area (Å²) >= 11 is 0. The average molecular weight is 392 g/mol. The molecule has 0 saturated heterocycles. The maximum Gasteiger partial charge on any atom is 0.323 e. The van der Waals surface area contributed by atoms with Crippen LogP contribution in [0.15, 0.2) is 30.3 Å². The van der Waals surface area contributed by atoms with Gasteiger partial charge in [0.1, 0.15) is 6.61 Å². The van der Waals surface area contributed by atoms with E-state index in [-0.39, 0.29) is 32.7 Å². The molecule has 0 aromatic heterocycles. The van der Waals surface area contributed by atoms with E-state index in [0.717, 1.165) is 12.0 Å². The van der Waals surface area contributed by atoms with Gasteiger partial charge in [0.25, 0.3) is 0 Å². The molecule has 0 heterocycles. The van der Waals surface area contributed by atoms with Crippen molar-refractivity contribution in [3.63, 3.8) is 0 Å². The predicted molar refractivity (Wildman–Crippen MR) is 105 cm³/mol.